The molecule has 0 aliphatic carbocycles. The highest BCUT2D eigenvalue weighted by molar-refractivity contribution is 5.99. The second-order valence-electron chi connectivity index (χ2n) is 4.30. The Morgan fingerprint density at radius 3 is 2.50 bits per heavy atom. The third-order valence-corrected chi connectivity index (χ3v) is 2.89. The average Bonchev–Trinajstić information content (AvgIpc) is 2.32. The Kier molecular flexibility index (Phi) is 5.04. The molecule has 0 aliphatic rings. The fraction of sp³-hybridized carbons (Fsp3) is 0.429. The first-order chi connectivity index (χ1) is 8.49. The van der Waals surface area contributed by atoms with E-state index in [4.69, 9.17) is 0 Å². The fourth-order valence-electron chi connectivity index (χ4n) is 1.96. The van der Waals surface area contributed by atoms with Crippen molar-refractivity contribution in [2.75, 3.05) is 14.2 Å². The van der Waals surface area contributed by atoms with Gasteiger partial charge >= 0.3 is 5.97 Å². The van der Waals surface area contributed by atoms with Crippen LogP contribution in [0.15, 0.2) is 18.2 Å². The molecule has 1 N–H and O–H groups in total. The zero-order chi connectivity index (χ0) is 13.7. The van der Waals surface area contributed by atoms with Crippen LogP contribution in [-0.2, 0) is 14.3 Å². The van der Waals surface area contributed by atoms with E-state index >= 15 is 0 Å². The van der Waals surface area contributed by atoms with Gasteiger partial charge in [0.1, 0.15) is 6.42 Å². The topological polar surface area (TPSA) is 55.4 Å². The third-order valence-electron chi connectivity index (χ3n) is 2.89. The van der Waals surface area contributed by atoms with E-state index in [-0.39, 0.29) is 12.2 Å². The van der Waals surface area contributed by atoms with E-state index in [0.29, 0.717) is 0 Å². The molecule has 0 bridgehead atoms. The van der Waals surface area contributed by atoms with Gasteiger partial charge in [-0.2, -0.15) is 0 Å². The minimum Gasteiger partial charge on any atom is -0.469 e. The number of benzene rings is 1. The molecule has 0 heterocycles. The van der Waals surface area contributed by atoms with Gasteiger partial charge in [0.25, 0.3) is 0 Å². The van der Waals surface area contributed by atoms with Gasteiger partial charge in [0.2, 0.25) is 0 Å². The van der Waals surface area contributed by atoms with Gasteiger partial charge in [-0.1, -0.05) is 23.8 Å². The summed E-state index contributed by atoms with van der Waals surface area (Å²) in [4.78, 5) is 23.2. The van der Waals surface area contributed by atoms with Crippen LogP contribution in [-0.4, -0.2) is 25.9 Å². The maximum absolute atomic E-state index is 12.0. The first-order valence-electron chi connectivity index (χ1n) is 5.83. The monoisotopic (exact) mass is 249 g/mol. The predicted octanol–water partition coefficient (Wildman–Crippen LogP) is 1.70. The molecule has 18 heavy (non-hydrogen) atoms. The molecule has 1 rings (SSSR count). The Morgan fingerprint density at radius 1 is 1.33 bits per heavy atom. The summed E-state index contributed by atoms with van der Waals surface area (Å²) in [6, 6.07) is 5.43. The number of carbonyl (C=O) groups excluding carboxylic acids is 2. The number of carbonyl (C=O) groups is 2. The normalized spacial score (nSPS) is 12.0. The van der Waals surface area contributed by atoms with E-state index in [1.165, 1.54) is 7.11 Å². The Bertz CT molecular complexity index is 454. The molecule has 1 aromatic carbocycles. The van der Waals surface area contributed by atoms with Crippen LogP contribution < -0.4 is 5.32 Å². The largest absolute Gasteiger partial charge is 0.469 e. The van der Waals surface area contributed by atoms with Crippen molar-refractivity contribution in [3.05, 3.63) is 34.9 Å². The molecule has 98 valence electrons. The van der Waals surface area contributed by atoms with Crippen LogP contribution in [0.1, 0.15) is 29.2 Å². The molecule has 1 atom stereocenters. The third kappa shape index (κ3) is 3.40. The van der Waals surface area contributed by atoms with Crippen LogP contribution >= 0.6 is 0 Å². The zero-order valence-electron chi connectivity index (χ0n) is 11.2. The lowest BCUT2D eigenvalue weighted by Gasteiger charge is -2.17. The number of ether oxygens (including phenoxy) is 1. The minimum absolute atomic E-state index is 0.184. The smallest absolute Gasteiger partial charge is 0.313 e. The molecule has 1 unspecified atom stereocenters. The Hall–Kier alpha value is -1.68. The molecular weight excluding hydrogens is 230 g/mol. The summed E-state index contributed by atoms with van der Waals surface area (Å²) in [5, 5.41) is 2.95. The number of Topliss-reactive ketones (excluding diaryl/α,β-unsaturated/α-hetero) is 1. The molecule has 0 aliphatic heterocycles. The van der Waals surface area contributed by atoms with Crippen molar-refractivity contribution in [2.45, 2.75) is 26.3 Å². The van der Waals surface area contributed by atoms with E-state index in [1.54, 1.807) is 7.05 Å². The average molecular weight is 249 g/mol. The molecule has 0 aromatic heterocycles. The summed E-state index contributed by atoms with van der Waals surface area (Å²) in [6.45, 7) is 3.96. The van der Waals surface area contributed by atoms with E-state index < -0.39 is 12.0 Å². The van der Waals surface area contributed by atoms with Crippen molar-refractivity contribution < 1.29 is 14.3 Å². The van der Waals surface area contributed by atoms with E-state index in [0.717, 1.165) is 16.7 Å². The molecule has 4 heteroatoms. The molecule has 0 fully saturated rings. The van der Waals surface area contributed by atoms with Crippen LogP contribution in [0.5, 0.6) is 0 Å². The van der Waals surface area contributed by atoms with Crippen LogP contribution in [0.4, 0.5) is 0 Å². The van der Waals surface area contributed by atoms with Gasteiger partial charge in [-0.15, -0.1) is 0 Å². The van der Waals surface area contributed by atoms with Crippen LogP contribution in [0.3, 0.4) is 0 Å². The Morgan fingerprint density at radius 2 is 2.00 bits per heavy atom. The maximum Gasteiger partial charge on any atom is 0.313 e. The van der Waals surface area contributed by atoms with Gasteiger partial charge in [0.15, 0.2) is 5.78 Å². The van der Waals surface area contributed by atoms with Crippen molar-refractivity contribution in [3.8, 4) is 0 Å². The van der Waals surface area contributed by atoms with Gasteiger partial charge < -0.3 is 10.1 Å². The van der Waals surface area contributed by atoms with E-state index in [1.807, 2.05) is 32.0 Å². The van der Waals surface area contributed by atoms with E-state index in [2.05, 4.69) is 10.1 Å². The van der Waals surface area contributed by atoms with Crippen molar-refractivity contribution in [1.82, 2.24) is 5.32 Å². The highest BCUT2D eigenvalue weighted by atomic mass is 16.5. The SMILES string of the molecule is CNC(C(=O)CC(=O)OC)c1ccc(C)cc1C. The second kappa shape index (κ2) is 6.31. The van der Waals surface area contributed by atoms with Crippen molar-refractivity contribution in [3.63, 3.8) is 0 Å². The zero-order valence-corrected chi connectivity index (χ0v) is 11.2. The summed E-state index contributed by atoms with van der Waals surface area (Å²) in [6.07, 6.45) is -0.213. The molecule has 0 saturated carbocycles. The summed E-state index contributed by atoms with van der Waals surface area (Å²) in [5.74, 6) is -0.693. The van der Waals surface area contributed by atoms with Crippen molar-refractivity contribution in [2.24, 2.45) is 0 Å². The second-order valence-corrected chi connectivity index (χ2v) is 4.30. The van der Waals surface area contributed by atoms with Gasteiger partial charge in [-0.25, -0.2) is 0 Å². The first-order valence-corrected chi connectivity index (χ1v) is 5.83. The number of hydrogen-bond donors (Lipinski definition) is 1. The quantitative estimate of drug-likeness (QED) is 0.637. The van der Waals surface area contributed by atoms with Gasteiger partial charge in [-0.05, 0) is 32.0 Å². The van der Waals surface area contributed by atoms with Crippen molar-refractivity contribution >= 4 is 11.8 Å². The summed E-state index contributed by atoms with van der Waals surface area (Å²) in [7, 11) is 2.99. The highest BCUT2D eigenvalue weighted by Crippen LogP contribution is 2.20. The molecule has 4 nitrogen and oxygen atoms in total. The number of rotatable bonds is 5. The summed E-state index contributed by atoms with van der Waals surface area (Å²) in [5.41, 5.74) is 3.08. The molecule has 1 aromatic rings. The number of hydrogen-bond acceptors (Lipinski definition) is 4. The van der Waals surface area contributed by atoms with Gasteiger partial charge in [0, 0.05) is 0 Å². The molecular formula is C14H19NO3. The number of nitrogens with one attached hydrogen (secondary N) is 1. The molecule has 0 spiro atoms. The molecule has 0 radical (unpaired) electrons. The number of methoxy groups -OCH3 is 1. The number of likely N-dealkylation sites (N-methyl/N-ethyl adjacent to an activating group) is 1. The first kappa shape index (κ1) is 14.4. The lowest BCUT2D eigenvalue weighted by Crippen LogP contribution is -2.28. The van der Waals surface area contributed by atoms with Crippen LogP contribution in [0.2, 0.25) is 0 Å². The number of ketones is 1. The predicted molar refractivity (Wildman–Crippen MR) is 69.4 cm³/mol. The fourth-order valence-corrected chi connectivity index (χ4v) is 1.96. The summed E-state index contributed by atoms with van der Waals surface area (Å²) >= 11 is 0. The maximum atomic E-state index is 12.0. The molecule has 0 saturated heterocycles. The lowest BCUT2D eigenvalue weighted by molar-refractivity contribution is -0.143. The molecule has 0 amide bonds. The summed E-state index contributed by atoms with van der Waals surface area (Å²) < 4.78 is 4.51. The lowest BCUT2D eigenvalue weighted by atomic mass is 9.95. The van der Waals surface area contributed by atoms with E-state index in [9.17, 15) is 9.59 Å². The number of aryl methyl sites for hydroxylation is 2. The standard InChI is InChI=1S/C14H19NO3/c1-9-5-6-11(10(2)7-9)14(15-3)12(16)8-13(17)18-4/h5-7,14-15H,8H2,1-4H3. The number of esters is 1. The Balaban J connectivity index is 2.95. The van der Waals surface area contributed by atoms with Gasteiger partial charge in [0.05, 0.1) is 13.2 Å². The van der Waals surface area contributed by atoms with Crippen LogP contribution in [0.25, 0.3) is 0 Å². The highest BCUT2D eigenvalue weighted by Gasteiger charge is 2.22. The van der Waals surface area contributed by atoms with Gasteiger partial charge in [-0.3, -0.25) is 9.59 Å². The van der Waals surface area contributed by atoms with Crippen molar-refractivity contribution in [1.29, 1.82) is 0 Å². The Labute approximate surface area is 107 Å². The minimum atomic E-state index is -0.509. The van der Waals surface area contributed by atoms with Crippen LogP contribution in [0, 0.1) is 13.8 Å².